The lowest BCUT2D eigenvalue weighted by atomic mass is 10.6. The van der Waals surface area contributed by atoms with Crippen molar-refractivity contribution in [1.82, 2.24) is 0 Å². The van der Waals surface area contributed by atoms with Gasteiger partial charge in [-0.25, -0.2) is 19.4 Å². The molecule has 0 radical (unpaired) electrons. The highest BCUT2D eigenvalue weighted by atomic mass is 17.2. The molecule has 0 atom stereocenters. The van der Waals surface area contributed by atoms with Gasteiger partial charge in [0, 0.05) is 0 Å². The summed E-state index contributed by atoms with van der Waals surface area (Å²) in [6.07, 6.45) is -1.27. The Kier molecular flexibility index (Phi) is 3.29. The summed E-state index contributed by atoms with van der Waals surface area (Å²) in [5.74, 6) is -2.53. The molecule has 0 aromatic rings. The van der Waals surface area contributed by atoms with Crippen LogP contribution < -0.4 is 5.73 Å². The summed E-state index contributed by atoms with van der Waals surface area (Å²) in [5.41, 5.74) is 4.38. The normalized spacial score (nSPS) is 10.4. The minimum absolute atomic E-state index is 0.0761. The van der Waals surface area contributed by atoms with Crippen LogP contribution in [0.3, 0.4) is 0 Å². The van der Waals surface area contributed by atoms with Crippen molar-refractivity contribution in [3.8, 4) is 0 Å². The van der Waals surface area contributed by atoms with Crippen LogP contribution in [0.2, 0.25) is 0 Å². The van der Waals surface area contributed by atoms with Crippen molar-refractivity contribution in [3.63, 3.8) is 0 Å². The molecule has 0 unspecified atom stereocenters. The van der Waals surface area contributed by atoms with E-state index in [-0.39, 0.29) is 6.26 Å². The number of hydrogen-bond acceptors (Lipinski definition) is 6. The molecule has 0 aromatic carbocycles. The number of aliphatic hydroxyl groups excluding tert-OH is 2. The number of amides is 1. The van der Waals surface area contributed by atoms with E-state index < -0.39 is 17.8 Å². The molecule has 0 saturated heterocycles. The van der Waals surface area contributed by atoms with Crippen molar-refractivity contribution >= 4 is 12.1 Å². The summed E-state index contributed by atoms with van der Waals surface area (Å²) in [4.78, 5) is 27.1. The second-order valence-corrected chi connectivity index (χ2v) is 1.29. The zero-order valence-corrected chi connectivity index (χ0v) is 5.18. The van der Waals surface area contributed by atoms with Gasteiger partial charge in [0.05, 0.1) is 0 Å². The van der Waals surface area contributed by atoms with Crippen molar-refractivity contribution < 1.29 is 29.6 Å². The van der Waals surface area contributed by atoms with Gasteiger partial charge >= 0.3 is 12.1 Å². The summed E-state index contributed by atoms with van der Waals surface area (Å²) in [6.45, 7) is 0. The minimum atomic E-state index is -1.42. The Hall–Kier alpha value is -1.92. The van der Waals surface area contributed by atoms with E-state index in [1.54, 1.807) is 0 Å². The first-order valence-electron chi connectivity index (χ1n) is 2.29. The van der Waals surface area contributed by atoms with Gasteiger partial charge in [-0.15, -0.1) is 0 Å². The third-order valence-corrected chi connectivity index (χ3v) is 0.531. The van der Waals surface area contributed by atoms with Crippen LogP contribution in [-0.2, 0) is 14.6 Å². The lowest BCUT2D eigenvalue weighted by Crippen LogP contribution is -2.17. The van der Waals surface area contributed by atoms with E-state index in [1.165, 1.54) is 0 Å². The second kappa shape index (κ2) is 3.99. The van der Waals surface area contributed by atoms with E-state index in [4.69, 9.17) is 10.2 Å². The van der Waals surface area contributed by atoms with Crippen LogP contribution in [0.4, 0.5) is 4.79 Å². The third-order valence-electron chi connectivity index (χ3n) is 0.531. The van der Waals surface area contributed by atoms with Gasteiger partial charge in [-0.1, -0.05) is 0 Å². The number of nitrogens with two attached hydrogens (primary N) is 1. The molecule has 0 rings (SSSR count). The molecular weight excluding hydrogens is 158 g/mol. The van der Waals surface area contributed by atoms with Gasteiger partial charge in [0.2, 0.25) is 5.76 Å². The SMILES string of the molecule is NC(=O)OOC(=O)/C(O)=C/O. The van der Waals surface area contributed by atoms with Gasteiger partial charge in [0.1, 0.15) is 6.26 Å². The van der Waals surface area contributed by atoms with Crippen molar-refractivity contribution in [2.45, 2.75) is 0 Å². The Labute approximate surface area is 60.6 Å². The highest BCUT2D eigenvalue weighted by molar-refractivity contribution is 5.85. The van der Waals surface area contributed by atoms with E-state index >= 15 is 0 Å². The molecule has 7 nitrogen and oxygen atoms in total. The lowest BCUT2D eigenvalue weighted by Gasteiger charge is -1.96. The van der Waals surface area contributed by atoms with Gasteiger partial charge in [-0.2, -0.15) is 0 Å². The number of carbonyl (C=O) groups is 2. The van der Waals surface area contributed by atoms with Crippen LogP contribution in [0.5, 0.6) is 0 Å². The molecule has 1 amide bonds. The topological polar surface area (TPSA) is 119 Å². The molecule has 0 fully saturated rings. The van der Waals surface area contributed by atoms with Crippen molar-refractivity contribution in [2.24, 2.45) is 5.73 Å². The summed E-state index contributed by atoms with van der Waals surface area (Å²) < 4.78 is 0. The Morgan fingerprint density at radius 2 is 1.91 bits per heavy atom. The molecule has 0 aliphatic rings. The van der Waals surface area contributed by atoms with Gasteiger partial charge in [0.15, 0.2) is 0 Å². The largest absolute Gasteiger partial charge is 0.511 e. The van der Waals surface area contributed by atoms with Gasteiger partial charge < -0.3 is 15.9 Å². The quantitative estimate of drug-likeness (QED) is 0.207. The monoisotopic (exact) mass is 163 g/mol. The zero-order valence-electron chi connectivity index (χ0n) is 5.18. The number of aliphatic hydroxyl groups is 2. The van der Waals surface area contributed by atoms with E-state index in [0.29, 0.717) is 0 Å². The predicted molar refractivity (Wildman–Crippen MR) is 30.1 cm³/mol. The fourth-order valence-corrected chi connectivity index (χ4v) is 0.174. The fourth-order valence-electron chi connectivity index (χ4n) is 0.174. The second-order valence-electron chi connectivity index (χ2n) is 1.29. The molecule has 0 aliphatic carbocycles. The molecule has 7 heteroatoms. The van der Waals surface area contributed by atoms with Gasteiger partial charge in [-0.05, 0) is 0 Å². The lowest BCUT2D eigenvalue weighted by molar-refractivity contribution is -0.228. The van der Waals surface area contributed by atoms with E-state index in [9.17, 15) is 9.59 Å². The Bertz CT molecular complexity index is 197. The highest BCUT2D eigenvalue weighted by Crippen LogP contribution is 1.91. The van der Waals surface area contributed by atoms with Crippen LogP contribution in [0, 0.1) is 0 Å². The Morgan fingerprint density at radius 1 is 1.36 bits per heavy atom. The fraction of sp³-hybridized carbons (Fsp3) is 0. The maximum Gasteiger partial charge on any atom is 0.447 e. The average Bonchev–Trinajstić information content (AvgIpc) is 1.98. The van der Waals surface area contributed by atoms with Gasteiger partial charge in [0.25, 0.3) is 0 Å². The van der Waals surface area contributed by atoms with E-state index in [0.717, 1.165) is 0 Å². The van der Waals surface area contributed by atoms with Crippen molar-refractivity contribution in [2.75, 3.05) is 0 Å². The first-order valence-corrected chi connectivity index (χ1v) is 2.29. The smallest absolute Gasteiger partial charge is 0.447 e. The van der Waals surface area contributed by atoms with E-state index in [1.807, 2.05) is 0 Å². The number of carbonyl (C=O) groups excluding carboxylic acids is 2. The average molecular weight is 163 g/mol. The number of rotatable bonds is 1. The molecule has 0 aliphatic heterocycles. The van der Waals surface area contributed by atoms with E-state index in [2.05, 4.69) is 15.5 Å². The molecule has 62 valence electrons. The molecule has 0 saturated carbocycles. The molecule has 11 heavy (non-hydrogen) atoms. The molecular formula is C4H5NO6. The summed E-state index contributed by atoms with van der Waals surface area (Å²) >= 11 is 0. The Balaban J connectivity index is 3.80. The van der Waals surface area contributed by atoms with Crippen LogP contribution in [0.25, 0.3) is 0 Å². The maximum atomic E-state index is 10.2. The number of hydrogen-bond donors (Lipinski definition) is 3. The van der Waals surface area contributed by atoms with Crippen molar-refractivity contribution in [3.05, 3.63) is 12.0 Å². The summed E-state index contributed by atoms with van der Waals surface area (Å²) in [6, 6.07) is 0. The summed E-state index contributed by atoms with van der Waals surface area (Å²) in [5, 5.41) is 16.3. The predicted octanol–water partition coefficient (Wildman–Crippen LogP) is -0.503. The molecule has 0 aromatic heterocycles. The van der Waals surface area contributed by atoms with Crippen LogP contribution in [-0.4, -0.2) is 22.3 Å². The molecule has 0 bridgehead atoms. The highest BCUT2D eigenvalue weighted by Gasteiger charge is 2.11. The zero-order chi connectivity index (χ0) is 8.85. The molecule has 4 N–H and O–H groups in total. The molecule has 0 heterocycles. The Morgan fingerprint density at radius 3 is 2.27 bits per heavy atom. The van der Waals surface area contributed by atoms with Gasteiger partial charge in [-0.3, -0.25) is 0 Å². The van der Waals surface area contributed by atoms with Crippen LogP contribution in [0.15, 0.2) is 12.0 Å². The maximum absolute atomic E-state index is 10.2. The first-order chi connectivity index (χ1) is 5.07. The minimum Gasteiger partial charge on any atom is -0.511 e. The first kappa shape index (κ1) is 9.08. The van der Waals surface area contributed by atoms with Crippen molar-refractivity contribution in [1.29, 1.82) is 0 Å². The standard InChI is InChI=1S/C4H5NO6/c5-4(9)11-10-3(8)2(7)1-6/h1,6-7H,(H2,5,9)/b2-1-. The van der Waals surface area contributed by atoms with Crippen LogP contribution >= 0.6 is 0 Å². The molecule has 0 spiro atoms. The van der Waals surface area contributed by atoms with Crippen LogP contribution in [0.1, 0.15) is 0 Å². The number of primary amides is 1. The summed E-state index contributed by atoms with van der Waals surface area (Å²) in [7, 11) is 0. The third kappa shape index (κ3) is 3.62.